The third-order valence-corrected chi connectivity index (χ3v) is 5.91. The van der Waals surface area contributed by atoms with E-state index in [0.29, 0.717) is 23.9 Å². The highest BCUT2D eigenvalue weighted by molar-refractivity contribution is 5.99. The molecule has 2 aliphatic rings. The first-order valence-corrected chi connectivity index (χ1v) is 9.84. The maximum Gasteiger partial charge on any atom is 0.255 e. The number of nitrogens with zero attached hydrogens (tertiary/aromatic N) is 2. The van der Waals surface area contributed by atoms with E-state index in [2.05, 4.69) is 50.8 Å². The van der Waals surface area contributed by atoms with Crippen molar-refractivity contribution < 1.29 is 9.18 Å². The summed E-state index contributed by atoms with van der Waals surface area (Å²) in [6.07, 6.45) is -0.150. The van der Waals surface area contributed by atoms with Gasteiger partial charge in [-0.3, -0.25) is 9.69 Å². The van der Waals surface area contributed by atoms with Gasteiger partial charge < -0.3 is 4.90 Å². The van der Waals surface area contributed by atoms with Crippen molar-refractivity contribution in [2.45, 2.75) is 52.2 Å². The summed E-state index contributed by atoms with van der Waals surface area (Å²) in [6, 6.07) is 11.1. The number of benzene rings is 2. The number of amides is 1. The number of hydrogen-bond donors (Lipinski definition) is 0. The van der Waals surface area contributed by atoms with Crippen molar-refractivity contribution in [2.75, 3.05) is 13.1 Å². The average molecular weight is 366 g/mol. The second kappa shape index (κ2) is 6.75. The number of carbonyl (C=O) groups is 1. The molecular weight excluding hydrogens is 339 g/mol. The van der Waals surface area contributed by atoms with E-state index in [-0.39, 0.29) is 17.9 Å². The highest BCUT2D eigenvalue weighted by Gasteiger charge is 2.44. The molecule has 0 N–H and O–H groups in total. The molecule has 2 aliphatic heterocycles. The minimum Gasteiger partial charge on any atom is -0.317 e. The van der Waals surface area contributed by atoms with E-state index < -0.39 is 0 Å². The number of hydrogen-bond acceptors (Lipinski definition) is 2. The smallest absolute Gasteiger partial charge is 0.255 e. The van der Waals surface area contributed by atoms with E-state index in [9.17, 15) is 9.18 Å². The molecule has 1 atom stereocenters. The predicted octanol–water partition coefficient (Wildman–Crippen LogP) is 5.04. The fourth-order valence-corrected chi connectivity index (χ4v) is 4.61. The molecule has 3 nitrogen and oxygen atoms in total. The minimum absolute atomic E-state index is 0.0266. The molecule has 2 aromatic carbocycles. The average Bonchev–Trinajstić information content (AvgIpc) is 3.15. The van der Waals surface area contributed by atoms with Crippen LogP contribution in [0.4, 0.5) is 4.39 Å². The van der Waals surface area contributed by atoms with Crippen molar-refractivity contribution in [1.29, 1.82) is 0 Å². The Morgan fingerprint density at radius 1 is 1.04 bits per heavy atom. The third-order valence-electron chi connectivity index (χ3n) is 5.91. The molecule has 142 valence electrons. The van der Waals surface area contributed by atoms with Crippen LogP contribution in [0.2, 0.25) is 0 Å². The quantitative estimate of drug-likeness (QED) is 0.757. The monoisotopic (exact) mass is 366 g/mol. The lowest BCUT2D eigenvalue weighted by molar-refractivity contribution is 0.0693. The molecule has 0 radical (unpaired) electrons. The lowest BCUT2D eigenvalue weighted by atomic mass is 9.88. The summed E-state index contributed by atoms with van der Waals surface area (Å²) < 4.78 is 13.9. The van der Waals surface area contributed by atoms with E-state index in [1.54, 1.807) is 6.07 Å². The van der Waals surface area contributed by atoms with Crippen molar-refractivity contribution in [1.82, 2.24) is 9.80 Å². The topological polar surface area (TPSA) is 23.6 Å². The van der Waals surface area contributed by atoms with Gasteiger partial charge in [0.05, 0.1) is 0 Å². The first-order chi connectivity index (χ1) is 12.9. The second-order valence-electron chi connectivity index (χ2n) is 8.30. The molecule has 0 spiro atoms. The van der Waals surface area contributed by atoms with Crippen LogP contribution in [-0.2, 0) is 6.54 Å². The van der Waals surface area contributed by atoms with Gasteiger partial charge in [0.2, 0.25) is 0 Å². The molecule has 1 amide bonds. The third kappa shape index (κ3) is 2.96. The first-order valence-electron chi connectivity index (χ1n) is 9.84. The van der Waals surface area contributed by atoms with Crippen molar-refractivity contribution in [3.63, 3.8) is 0 Å². The van der Waals surface area contributed by atoms with E-state index in [4.69, 9.17) is 0 Å². The van der Waals surface area contributed by atoms with Crippen LogP contribution in [0.25, 0.3) is 0 Å². The summed E-state index contributed by atoms with van der Waals surface area (Å²) in [4.78, 5) is 16.9. The Morgan fingerprint density at radius 3 is 2.33 bits per heavy atom. The number of rotatable bonds is 4. The molecule has 2 aromatic rings. The Kier molecular flexibility index (Phi) is 4.55. The van der Waals surface area contributed by atoms with Crippen LogP contribution in [0.5, 0.6) is 0 Å². The van der Waals surface area contributed by atoms with E-state index in [1.165, 1.54) is 28.8 Å². The zero-order valence-corrected chi connectivity index (χ0v) is 16.5. The second-order valence-corrected chi connectivity index (χ2v) is 8.30. The maximum absolute atomic E-state index is 13.9. The summed E-state index contributed by atoms with van der Waals surface area (Å²) in [5, 5.41) is 0. The van der Waals surface area contributed by atoms with Crippen molar-refractivity contribution in [3.05, 3.63) is 70.0 Å². The zero-order valence-electron chi connectivity index (χ0n) is 16.5. The molecule has 0 aromatic heterocycles. The van der Waals surface area contributed by atoms with Crippen LogP contribution in [-0.4, -0.2) is 28.8 Å². The van der Waals surface area contributed by atoms with Gasteiger partial charge in [0.1, 0.15) is 12.0 Å². The fourth-order valence-electron chi connectivity index (χ4n) is 4.61. The molecule has 27 heavy (non-hydrogen) atoms. The van der Waals surface area contributed by atoms with Gasteiger partial charge in [0, 0.05) is 30.8 Å². The molecule has 0 bridgehead atoms. The summed E-state index contributed by atoms with van der Waals surface area (Å²) in [5.41, 5.74) is 5.55. The van der Waals surface area contributed by atoms with Gasteiger partial charge in [0.15, 0.2) is 0 Å². The zero-order chi connectivity index (χ0) is 19.3. The van der Waals surface area contributed by atoms with Gasteiger partial charge in [-0.2, -0.15) is 0 Å². The Morgan fingerprint density at radius 2 is 1.70 bits per heavy atom. The van der Waals surface area contributed by atoms with Crippen LogP contribution < -0.4 is 0 Å². The van der Waals surface area contributed by atoms with Crippen LogP contribution in [0.3, 0.4) is 0 Å². The molecule has 1 saturated heterocycles. The summed E-state index contributed by atoms with van der Waals surface area (Å²) in [5.74, 6) is 0.624. The van der Waals surface area contributed by atoms with Crippen LogP contribution in [0, 0.1) is 5.82 Å². The Balaban J connectivity index is 1.74. The molecule has 1 unspecified atom stereocenters. The standard InChI is InChI=1S/C23H27FN2O/c1-14(2)17-6-5-7-18(15(3)4)21(17)13-25-10-11-26-22(25)20-12-16(24)8-9-19(20)23(26)27/h5-9,12,14-15,22H,10-11,13H2,1-4H3. The van der Waals surface area contributed by atoms with Gasteiger partial charge >= 0.3 is 0 Å². The molecule has 4 heteroatoms. The number of carbonyl (C=O) groups excluding carboxylic acids is 1. The minimum atomic E-state index is -0.277. The molecule has 4 rings (SSSR count). The van der Waals surface area contributed by atoms with Gasteiger partial charge in [0.25, 0.3) is 5.91 Å². The lowest BCUT2D eigenvalue weighted by Crippen LogP contribution is -2.29. The van der Waals surface area contributed by atoms with Crippen molar-refractivity contribution in [2.24, 2.45) is 0 Å². The van der Waals surface area contributed by atoms with E-state index in [1.807, 2.05) is 4.90 Å². The van der Waals surface area contributed by atoms with Crippen molar-refractivity contribution >= 4 is 5.91 Å². The van der Waals surface area contributed by atoms with Gasteiger partial charge in [-0.05, 0) is 46.7 Å². The lowest BCUT2D eigenvalue weighted by Gasteiger charge is -2.28. The normalized spacial score (nSPS) is 19.3. The largest absolute Gasteiger partial charge is 0.317 e. The molecule has 0 saturated carbocycles. The molecular formula is C23H27FN2O. The highest BCUT2D eigenvalue weighted by Crippen LogP contribution is 2.41. The highest BCUT2D eigenvalue weighted by atomic mass is 19.1. The molecule has 1 fully saturated rings. The summed E-state index contributed by atoms with van der Waals surface area (Å²) >= 11 is 0. The van der Waals surface area contributed by atoms with E-state index >= 15 is 0 Å². The SMILES string of the molecule is CC(C)c1cccc(C(C)C)c1CN1CCN2C(=O)c3ccc(F)cc3C12. The number of halogens is 1. The van der Waals surface area contributed by atoms with Gasteiger partial charge in [-0.25, -0.2) is 4.39 Å². The Labute approximate surface area is 160 Å². The maximum atomic E-state index is 13.9. The van der Waals surface area contributed by atoms with Gasteiger partial charge in [-0.15, -0.1) is 0 Å². The van der Waals surface area contributed by atoms with Crippen LogP contribution in [0.1, 0.15) is 78.3 Å². The molecule has 0 aliphatic carbocycles. The van der Waals surface area contributed by atoms with Crippen LogP contribution >= 0.6 is 0 Å². The van der Waals surface area contributed by atoms with Crippen molar-refractivity contribution in [3.8, 4) is 0 Å². The Bertz CT molecular complexity index is 864. The summed E-state index contributed by atoms with van der Waals surface area (Å²) in [7, 11) is 0. The molecule has 2 heterocycles. The summed E-state index contributed by atoms with van der Waals surface area (Å²) in [6.45, 7) is 11.2. The van der Waals surface area contributed by atoms with Crippen LogP contribution in [0.15, 0.2) is 36.4 Å². The van der Waals surface area contributed by atoms with E-state index in [0.717, 1.165) is 18.7 Å². The van der Waals surface area contributed by atoms with Gasteiger partial charge in [-0.1, -0.05) is 45.9 Å². The first kappa shape index (κ1) is 18.2. The Hall–Kier alpha value is -2.20. The predicted molar refractivity (Wildman–Crippen MR) is 105 cm³/mol. The number of fused-ring (bicyclic) bond motifs is 3. The fraction of sp³-hybridized carbons (Fsp3) is 0.435.